The van der Waals surface area contributed by atoms with Crippen molar-refractivity contribution in [3.63, 3.8) is 0 Å². The molecule has 0 saturated carbocycles. The Hall–Kier alpha value is -2.48. The average Bonchev–Trinajstić information content (AvgIpc) is 2.97. The molecule has 0 spiro atoms. The number of nitrogens with zero attached hydrogens (tertiary/aromatic N) is 2. The summed E-state index contributed by atoms with van der Waals surface area (Å²) in [5.41, 5.74) is -0.134. The Balaban J connectivity index is 1.95. The number of pyridine rings is 1. The van der Waals surface area contributed by atoms with Gasteiger partial charge in [0.1, 0.15) is 5.56 Å². The molecule has 112 valence electrons. The number of nitrogens with one attached hydrogen (secondary N) is 2. The highest BCUT2D eigenvalue weighted by Gasteiger charge is 2.16. The van der Waals surface area contributed by atoms with E-state index in [0.717, 1.165) is 0 Å². The lowest BCUT2D eigenvalue weighted by atomic mass is 10.3. The monoisotopic (exact) mass is 292 g/mol. The van der Waals surface area contributed by atoms with E-state index in [-0.39, 0.29) is 22.8 Å². The van der Waals surface area contributed by atoms with Crippen LogP contribution in [0.4, 0.5) is 0 Å². The van der Waals surface area contributed by atoms with E-state index < -0.39 is 5.91 Å². The Morgan fingerprint density at radius 2 is 2.38 bits per heavy atom. The summed E-state index contributed by atoms with van der Waals surface area (Å²) >= 11 is 0. The van der Waals surface area contributed by atoms with Gasteiger partial charge in [-0.05, 0) is 25.5 Å². The Morgan fingerprint density at radius 3 is 3.14 bits per heavy atom. The smallest absolute Gasteiger partial charge is 0.292 e. The van der Waals surface area contributed by atoms with Crippen LogP contribution in [-0.2, 0) is 4.74 Å². The van der Waals surface area contributed by atoms with E-state index in [0.29, 0.717) is 26.2 Å². The molecule has 0 unspecified atom stereocenters. The molecule has 2 heterocycles. The van der Waals surface area contributed by atoms with Gasteiger partial charge in [-0.3, -0.25) is 9.59 Å². The van der Waals surface area contributed by atoms with Crippen molar-refractivity contribution in [2.24, 2.45) is 0 Å². The number of amides is 1. The Kier molecular flexibility index (Phi) is 5.22. The molecule has 2 aromatic heterocycles. The zero-order valence-electron chi connectivity index (χ0n) is 11.6. The van der Waals surface area contributed by atoms with Gasteiger partial charge in [-0.25, -0.2) is 0 Å². The van der Waals surface area contributed by atoms with E-state index in [1.54, 1.807) is 6.07 Å². The van der Waals surface area contributed by atoms with Crippen LogP contribution in [0.2, 0.25) is 0 Å². The molecule has 0 fully saturated rings. The molecular formula is C13H16N4O4. The van der Waals surface area contributed by atoms with E-state index in [2.05, 4.69) is 20.4 Å². The molecule has 8 heteroatoms. The van der Waals surface area contributed by atoms with Gasteiger partial charge in [0, 0.05) is 26.0 Å². The molecule has 0 atom stereocenters. The second-order valence-electron chi connectivity index (χ2n) is 4.14. The van der Waals surface area contributed by atoms with Crippen LogP contribution in [0, 0.1) is 0 Å². The van der Waals surface area contributed by atoms with Crippen molar-refractivity contribution in [1.82, 2.24) is 20.4 Å². The maximum absolute atomic E-state index is 11.8. The summed E-state index contributed by atoms with van der Waals surface area (Å²) in [4.78, 5) is 29.8. The van der Waals surface area contributed by atoms with Crippen molar-refractivity contribution in [1.29, 1.82) is 0 Å². The average molecular weight is 292 g/mol. The van der Waals surface area contributed by atoms with E-state index in [1.807, 2.05) is 6.92 Å². The number of hydrogen-bond acceptors (Lipinski definition) is 6. The maximum Gasteiger partial charge on any atom is 0.292 e. The quantitative estimate of drug-likeness (QED) is 0.722. The van der Waals surface area contributed by atoms with Gasteiger partial charge >= 0.3 is 0 Å². The summed E-state index contributed by atoms with van der Waals surface area (Å²) in [6.45, 7) is 3.58. The van der Waals surface area contributed by atoms with Crippen molar-refractivity contribution in [2.45, 2.75) is 13.3 Å². The molecule has 0 radical (unpaired) electrons. The second-order valence-corrected chi connectivity index (χ2v) is 4.14. The van der Waals surface area contributed by atoms with E-state index in [1.165, 1.54) is 12.3 Å². The van der Waals surface area contributed by atoms with E-state index in [9.17, 15) is 9.59 Å². The van der Waals surface area contributed by atoms with Gasteiger partial charge < -0.3 is 19.6 Å². The lowest BCUT2D eigenvalue weighted by molar-refractivity contribution is 0.0931. The fraction of sp³-hybridized carbons (Fsp3) is 0.385. The summed E-state index contributed by atoms with van der Waals surface area (Å²) in [6.07, 6.45) is 2.19. The van der Waals surface area contributed by atoms with Gasteiger partial charge in [0.15, 0.2) is 0 Å². The van der Waals surface area contributed by atoms with Crippen LogP contribution in [0.5, 0.6) is 0 Å². The van der Waals surface area contributed by atoms with Gasteiger partial charge in [0.05, 0.1) is 0 Å². The minimum absolute atomic E-state index is 0.0105. The summed E-state index contributed by atoms with van der Waals surface area (Å²) in [5.74, 6) is -0.546. The Labute approximate surface area is 120 Å². The Morgan fingerprint density at radius 1 is 1.52 bits per heavy atom. The molecule has 2 N–H and O–H groups in total. The first-order chi connectivity index (χ1) is 10.2. The van der Waals surface area contributed by atoms with Crippen LogP contribution in [0.15, 0.2) is 27.6 Å². The highest BCUT2D eigenvalue weighted by Crippen LogP contribution is 2.11. The molecule has 0 aromatic carbocycles. The first kappa shape index (κ1) is 14.9. The van der Waals surface area contributed by atoms with Gasteiger partial charge in [-0.2, -0.15) is 4.98 Å². The lowest BCUT2D eigenvalue weighted by Crippen LogP contribution is -2.26. The summed E-state index contributed by atoms with van der Waals surface area (Å²) < 4.78 is 10.1. The molecular weight excluding hydrogens is 276 g/mol. The van der Waals surface area contributed by atoms with Crippen molar-refractivity contribution in [3.8, 4) is 11.5 Å². The molecule has 1 amide bonds. The number of rotatable bonds is 7. The molecule has 2 rings (SSSR count). The molecule has 21 heavy (non-hydrogen) atoms. The normalized spacial score (nSPS) is 10.5. The number of carbonyl (C=O) groups is 1. The van der Waals surface area contributed by atoms with Crippen LogP contribution >= 0.6 is 0 Å². The fourth-order valence-corrected chi connectivity index (χ4v) is 1.61. The minimum Gasteiger partial charge on any atom is -0.382 e. The summed E-state index contributed by atoms with van der Waals surface area (Å²) in [5, 5.41) is 6.21. The number of hydrogen-bond donors (Lipinski definition) is 2. The van der Waals surface area contributed by atoms with Crippen molar-refractivity contribution >= 4 is 5.91 Å². The summed E-state index contributed by atoms with van der Waals surface area (Å²) in [6, 6.07) is 3.17. The predicted molar refractivity (Wildman–Crippen MR) is 73.8 cm³/mol. The highest BCUT2D eigenvalue weighted by molar-refractivity contribution is 5.90. The molecule has 0 saturated heterocycles. The number of ether oxygens (including phenoxy) is 1. The van der Waals surface area contributed by atoms with Gasteiger partial charge in [0.25, 0.3) is 23.2 Å². The van der Waals surface area contributed by atoms with Gasteiger partial charge in [-0.15, -0.1) is 0 Å². The van der Waals surface area contributed by atoms with Crippen molar-refractivity contribution in [3.05, 3.63) is 34.5 Å². The predicted octanol–water partition coefficient (Wildman–Crippen LogP) is 0.581. The molecule has 2 aromatic rings. The minimum atomic E-state index is -0.450. The van der Waals surface area contributed by atoms with Crippen molar-refractivity contribution < 1.29 is 14.1 Å². The maximum atomic E-state index is 11.8. The Bertz CT molecular complexity index is 649. The number of H-pyrrole nitrogens is 1. The van der Waals surface area contributed by atoms with Gasteiger partial charge in [-0.1, -0.05) is 5.16 Å². The lowest BCUT2D eigenvalue weighted by Gasteiger charge is -2.02. The van der Waals surface area contributed by atoms with E-state index in [4.69, 9.17) is 9.26 Å². The molecule has 0 aliphatic carbocycles. The third-order valence-electron chi connectivity index (χ3n) is 2.63. The first-order valence-electron chi connectivity index (χ1n) is 6.60. The molecule has 0 bridgehead atoms. The number of aromatic nitrogens is 3. The zero-order valence-corrected chi connectivity index (χ0v) is 11.6. The van der Waals surface area contributed by atoms with Gasteiger partial charge in [0.2, 0.25) is 0 Å². The zero-order chi connectivity index (χ0) is 15.1. The van der Waals surface area contributed by atoms with Crippen LogP contribution in [0.3, 0.4) is 0 Å². The third kappa shape index (κ3) is 3.99. The van der Waals surface area contributed by atoms with Crippen molar-refractivity contribution in [2.75, 3.05) is 19.8 Å². The van der Waals surface area contributed by atoms with Crippen LogP contribution in [0.1, 0.15) is 24.0 Å². The van der Waals surface area contributed by atoms with Crippen LogP contribution < -0.4 is 10.9 Å². The number of carbonyl (C=O) groups excluding carboxylic acids is 1. The fourth-order valence-electron chi connectivity index (χ4n) is 1.61. The SMILES string of the molecule is CCOCCCNC(=O)c1noc(-c2ccc[nH]c2=O)n1. The number of aromatic amines is 1. The summed E-state index contributed by atoms with van der Waals surface area (Å²) in [7, 11) is 0. The van der Waals surface area contributed by atoms with Crippen LogP contribution in [-0.4, -0.2) is 40.8 Å². The highest BCUT2D eigenvalue weighted by atomic mass is 16.5. The third-order valence-corrected chi connectivity index (χ3v) is 2.63. The largest absolute Gasteiger partial charge is 0.382 e. The second kappa shape index (κ2) is 7.34. The van der Waals surface area contributed by atoms with Crippen LogP contribution in [0.25, 0.3) is 11.5 Å². The first-order valence-corrected chi connectivity index (χ1v) is 6.60. The topological polar surface area (TPSA) is 110 Å². The molecule has 0 aliphatic heterocycles. The van der Waals surface area contributed by atoms with E-state index >= 15 is 0 Å². The standard InChI is InChI=1S/C13H16N4O4/c1-2-20-8-4-7-15-12(19)10-16-13(21-17-10)9-5-3-6-14-11(9)18/h3,5-6H,2,4,7-8H2,1H3,(H,14,18)(H,15,19). The molecule has 0 aliphatic rings. The molecule has 8 nitrogen and oxygen atoms in total.